The highest BCUT2D eigenvalue weighted by molar-refractivity contribution is 6.20. The van der Waals surface area contributed by atoms with Gasteiger partial charge in [0.15, 0.2) is 5.82 Å². The summed E-state index contributed by atoms with van der Waals surface area (Å²) in [4.78, 5) is 4.42. The van der Waals surface area contributed by atoms with E-state index >= 15 is 0 Å². The number of halogens is 1. The summed E-state index contributed by atoms with van der Waals surface area (Å²) in [6.07, 6.45) is 4.90. The van der Waals surface area contributed by atoms with Gasteiger partial charge in [-0.15, -0.1) is 11.6 Å². The molecule has 3 atom stereocenters. The van der Waals surface area contributed by atoms with Gasteiger partial charge in [-0.2, -0.15) is 4.98 Å². The fourth-order valence-electron chi connectivity index (χ4n) is 2.88. The second-order valence-corrected chi connectivity index (χ2v) is 5.18. The molecule has 2 aliphatic carbocycles. The van der Waals surface area contributed by atoms with Crippen LogP contribution < -0.4 is 0 Å². The van der Waals surface area contributed by atoms with Gasteiger partial charge in [-0.05, 0) is 31.1 Å². The Morgan fingerprint density at radius 3 is 2.87 bits per heavy atom. The van der Waals surface area contributed by atoms with Crippen molar-refractivity contribution in [2.75, 3.05) is 0 Å². The summed E-state index contributed by atoms with van der Waals surface area (Å²) in [5.41, 5.74) is 0. The van der Waals surface area contributed by atoms with E-state index in [4.69, 9.17) is 16.1 Å². The Labute approximate surface area is 94.2 Å². The molecule has 4 heteroatoms. The number of rotatable bonds is 3. The van der Waals surface area contributed by atoms with Crippen LogP contribution in [0, 0.1) is 11.8 Å². The van der Waals surface area contributed by atoms with E-state index in [1.165, 1.54) is 19.3 Å². The molecular formula is C11H15ClN2O. The number of alkyl halides is 1. The number of nitrogens with zero attached hydrogens (tertiary/aromatic N) is 2. The van der Waals surface area contributed by atoms with Gasteiger partial charge in [0.25, 0.3) is 0 Å². The van der Waals surface area contributed by atoms with Gasteiger partial charge in [-0.25, -0.2) is 0 Å². The van der Waals surface area contributed by atoms with Gasteiger partial charge in [-0.1, -0.05) is 18.5 Å². The van der Waals surface area contributed by atoms with Crippen LogP contribution in [0.2, 0.25) is 0 Å². The van der Waals surface area contributed by atoms with Crippen LogP contribution in [0.25, 0.3) is 0 Å². The molecule has 0 spiro atoms. The Hall–Kier alpha value is -0.570. The summed E-state index contributed by atoms with van der Waals surface area (Å²) in [7, 11) is 0. The summed E-state index contributed by atoms with van der Waals surface area (Å²) in [5, 5.41) is 3.86. The molecule has 2 aliphatic rings. The highest BCUT2D eigenvalue weighted by atomic mass is 35.5. The van der Waals surface area contributed by atoms with Crippen molar-refractivity contribution in [1.82, 2.24) is 10.1 Å². The van der Waals surface area contributed by atoms with Crippen molar-refractivity contribution in [3.8, 4) is 0 Å². The maximum atomic E-state index is 6.06. The molecule has 2 saturated carbocycles. The third-order valence-electron chi connectivity index (χ3n) is 3.79. The first-order valence-corrected chi connectivity index (χ1v) is 6.22. The van der Waals surface area contributed by atoms with Crippen molar-refractivity contribution in [3.05, 3.63) is 11.7 Å². The predicted molar refractivity (Wildman–Crippen MR) is 56.8 cm³/mol. The van der Waals surface area contributed by atoms with Crippen molar-refractivity contribution in [2.24, 2.45) is 11.8 Å². The Bertz CT molecular complexity index is 355. The molecule has 15 heavy (non-hydrogen) atoms. The minimum atomic E-state index is -0.0962. The zero-order valence-electron chi connectivity index (χ0n) is 8.82. The van der Waals surface area contributed by atoms with Crippen molar-refractivity contribution in [2.45, 2.75) is 43.9 Å². The summed E-state index contributed by atoms with van der Waals surface area (Å²) in [6, 6.07) is 0. The van der Waals surface area contributed by atoms with E-state index in [9.17, 15) is 0 Å². The first kappa shape index (κ1) is 9.64. The lowest BCUT2D eigenvalue weighted by atomic mass is 10.1. The fourth-order valence-corrected chi connectivity index (χ4v) is 2.97. The molecule has 0 aromatic carbocycles. The molecule has 0 N–H and O–H groups in total. The van der Waals surface area contributed by atoms with Crippen LogP contribution in [0.5, 0.6) is 0 Å². The van der Waals surface area contributed by atoms with Crippen LogP contribution in [-0.2, 0) is 0 Å². The second-order valence-electron chi connectivity index (χ2n) is 4.65. The van der Waals surface area contributed by atoms with E-state index in [1.54, 1.807) is 0 Å². The van der Waals surface area contributed by atoms with Crippen molar-refractivity contribution in [3.63, 3.8) is 0 Å². The molecule has 0 amide bonds. The third-order valence-corrected chi connectivity index (χ3v) is 4.29. The molecule has 3 rings (SSSR count). The topological polar surface area (TPSA) is 38.9 Å². The Morgan fingerprint density at radius 1 is 1.47 bits per heavy atom. The van der Waals surface area contributed by atoms with Crippen molar-refractivity contribution in [1.29, 1.82) is 0 Å². The molecule has 0 saturated heterocycles. The Kier molecular flexibility index (Phi) is 2.23. The quantitative estimate of drug-likeness (QED) is 0.743. The predicted octanol–water partition coefficient (Wildman–Crippen LogP) is 3.27. The SMILES string of the molecule is CCC(Cl)c1noc(C2C3CCCC32)n1. The minimum Gasteiger partial charge on any atom is -0.339 e. The summed E-state index contributed by atoms with van der Waals surface area (Å²) in [5.74, 6) is 3.71. The van der Waals surface area contributed by atoms with E-state index in [2.05, 4.69) is 10.1 Å². The van der Waals surface area contributed by atoms with Crippen LogP contribution in [0.3, 0.4) is 0 Å². The summed E-state index contributed by atoms with van der Waals surface area (Å²) >= 11 is 6.06. The van der Waals surface area contributed by atoms with Crippen LogP contribution in [0.15, 0.2) is 4.52 Å². The lowest BCUT2D eigenvalue weighted by Gasteiger charge is -1.97. The van der Waals surface area contributed by atoms with Gasteiger partial charge in [0.1, 0.15) is 0 Å². The van der Waals surface area contributed by atoms with Gasteiger partial charge in [0.05, 0.1) is 5.38 Å². The molecule has 2 fully saturated rings. The molecule has 0 aliphatic heterocycles. The maximum Gasteiger partial charge on any atom is 0.230 e. The Balaban J connectivity index is 1.75. The zero-order valence-corrected chi connectivity index (χ0v) is 9.57. The average Bonchev–Trinajstić information content (AvgIpc) is 2.74. The van der Waals surface area contributed by atoms with E-state index in [0.717, 1.165) is 24.1 Å². The molecule has 0 radical (unpaired) electrons. The summed E-state index contributed by atoms with van der Waals surface area (Å²) in [6.45, 7) is 2.03. The van der Waals surface area contributed by atoms with Crippen molar-refractivity contribution >= 4 is 11.6 Å². The third kappa shape index (κ3) is 1.48. The van der Waals surface area contributed by atoms with E-state index in [-0.39, 0.29) is 5.38 Å². The first-order chi connectivity index (χ1) is 7.31. The number of hydrogen-bond acceptors (Lipinski definition) is 3. The molecule has 3 unspecified atom stereocenters. The fraction of sp³-hybridized carbons (Fsp3) is 0.818. The van der Waals surface area contributed by atoms with E-state index in [1.807, 2.05) is 6.92 Å². The Morgan fingerprint density at radius 2 is 2.20 bits per heavy atom. The van der Waals surface area contributed by atoms with Crippen LogP contribution in [0.1, 0.15) is 55.6 Å². The van der Waals surface area contributed by atoms with Gasteiger partial charge < -0.3 is 4.52 Å². The standard InChI is InChI=1S/C11H15ClN2O/c1-2-8(12)10-13-11(15-14-10)9-6-4-3-5-7(6)9/h6-9H,2-5H2,1H3. The number of fused-ring (bicyclic) bond motifs is 1. The lowest BCUT2D eigenvalue weighted by Crippen LogP contribution is -1.92. The van der Waals surface area contributed by atoms with Gasteiger partial charge in [-0.3, -0.25) is 0 Å². The first-order valence-electron chi connectivity index (χ1n) is 5.78. The molecule has 3 nitrogen and oxygen atoms in total. The molecule has 82 valence electrons. The minimum absolute atomic E-state index is 0.0962. The molecule has 1 aromatic rings. The maximum absolute atomic E-state index is 6.06. The molecule has 1 aromatic heterocycles. The largest absolute Gasteiger partial charge is 0.339 e. The van der Waals surface area contributed by atoms with Crippen molar-refractivity contribution < 1.29 is 4.52 Å². The summed E-state index contributed by atoms with van der Waals surface area (Å²) < 4.78 is 5.30. The lowest BCUT2D eigenvalue weighted by molar-refractivity contribution is 0.362. The average molecular weight is 227 g/mol. The van der Waals surface area contributed by atoms with Gasteiger partial charge in [0, 0.05) is 5.92 Å². The number of hydrogen-bond donors (Lipinski definition) is 0. The highest BCUT2D eigenvalue weighted by Gasteiger charge is 2.56. The second kappa shape index (κ2) is 3.48. The van der Waals surface area contributed by atoms with E-state index in [0.29, 0.717) is 11.7 Å². The smallest absolute Gasteiger partial charge is 0.230 e. The zero-order chi connectivity index (χ0) is 10.4. The molecular weight excluding hydrogens is 212 g/mol. The molecule has 1 heterocycles. The van der Waals surface area contributed by atoms with E-state index < -0.39 is 0 Å². The van der Waals surface area contributed by atoms with Crippen LogP contribution in [-0.4, -0.2) is 10.1 Å². The normalized spacial score (nSPS) is 35.2. The van der Waals surface area contributed by atoms with Crippen LogP contribution in [0.4, 0.5) is 0 Å². The van der Waals surface area contributed by atoms with Gasteiger partial charge in [0.2, 0.25) is 5.89 Å². The highest BCUT2D eigenvalue weighted by Crippen LogP contribution is 2.62. The van der Waals surface area contributed by atoms with Gasteiger partial charge >= 0.3 is 0 Å². The van der Waals surface area contributed by atoms with Crippen LogP contribution >= 0.6 is 11.6 Å². The monoisotopic (exact) mass is 226 g/mol. The molecule has 0 bridgehead atoms. The number of aromatic nitrogens is 2.